The maximum atomic E-state index is 5.87. The van der Waals surface area contributed by atoms with Crippen LogP contribution < -0.4 is 0 Å². The molecule has 3 heterocycles. The average Bonchev–Trinajstić information content (AvgIpc) is 2.56. The molecule has 3 aromatic rings. The van der Waals surface area contributed by atoms with Crippen molar-refractivity contribution in [1.29, 1.82) is 0 Å². The van der Waals surface area contributed by atoms with Crippen molar-refractivity contribution in [2.75, 3.05) is 0 Å². The van der Waals surface area contributed by atoms with Gasteiger partial charge in [0.2, 0.25) is 0 Å². The molecule has 3 nitrogen and oxygen atoms in total. The van der Waals surface area contributed by atoms with Gasteiger partial charge >= 0.3 is 0 Å². The molecule has 0 fully saturated rings. The van der Waals surface area contributed by atoms with Crippen LogP contribution in [0.3, 0.4) is 0 Å². The summed E-state index contributed by atoms with van der Waals surface area (Å²) in [5.74, 6) is 0. The molecule has 14 heavy (non-hydrogen) atoms. The summed E-state index contributed by atoms with van der Waals surface area (Å²) in [5, 5.41) is 0.628. The molecule has 0 aliphatic heterocycles. The first-order valence-electron chi connectivity index (χ1n) is 4.23. The third-order valence-corrected chi connectivity index (χ3v) is 2.34. The van der Waals surface area contributed by atoms with Crippen LogP contribution in [-0.4, -0.2) is 14.4 Å². The minimum atomic E-state index is 0.628. The van der Waals surface area contributed by atoms with Gasteiger partial charge in [-0.2, -0.15) is 0 Å². The molecule has 68 valence electrons. The predicted octanol–water partition coefficient (Wildman–Crippen LogP) is 2.54. The van der Waals surface area contributed by atoms with E-state index in [0.29, 0.717) is 5.02 Å². The molecule has 0 aromatic carbocycles. The third-order valence-electron chi connectivity index (χ3n) is 2.13. The van der Waals surface area contributed by atoms with Crippen LogP contribution in [0.25, 0.3) is 16.8 Å². The maximum absolute atomic E-state index is 5.87. The fourth-order valence-corrected chi connectivity index (χ4v) is 1.67. The first-order chi connectivity index (χ1) is 6.84. The highest BCUT2D eigenvalue weighted by molar-refractivity contribution is 6.31. The van der Waals surface area contributed by atoms with E-state index in [2.05, 4.69) is 9.97 Å². The Kier molecular flexibility index (Phi) is 1.49. The minimum Gasteiger partial charge on any atom is -0.298 e. The molecule has 0 spiro atoms. The Balaban J connectivity index is 2.58. The Labute approximate surface area is 85.0 Å². The molecule has 0 saturated carbocycles. The molecule has 0 amide bonds. The highest BCUT2D eigenvalue weighted by Crippen LogP contribution is 2.17. The lowest BCUT2D eigenvalue weighted by molar-refractivity contribution is 1.23. The van der Waals surface area contributed by atoms with Crippen molar-refractivity contribution < 1.29 is 0 Å². The molecule has 4 heteroatoms. The van der Waals surface area contributed by atoms with E-state index in [1.54, 1.807) is 6.20 Å². The number of pyridine rings is 2. The first-order valence-corrected chi connectivity index (χ1v) is 4.61. The third kappa shape index (κ3) is 0.992. The van der Waals surface area contributed by atoms with E-state index in [1.165, 1.54) is 0 Å². The number of aromatic nitrogens is 3. The molecule has 0 aliphatic rings. The van der Waals surface area contributed by atoms with E-state index in [9.17, 15) is 0 Å². The largest absolute Gasteiger partial charge is 0.298 e. The van der Waals surface area contributed by atoms with E-state index in [0.717, 1.165) is 16.8 Å². The van der Waals surface area contributed by atoms with Crippen LogP contribution in [0, 0.1) is 0 Å². The van der Waals surface area contributed by atoms with E-state index in [1.807, 2.05) is 34.9 Å². The number of nitrogens with zero attached hydrogens (tertiary/aromatic N) is 3. The standard InChI is InChI=1S/C10H6ClN3/c11-7-5-8-10(12-6-7)13-9-3-1-2-4-14(8)9/h1-6H. The normalized spacial score (nSPS) is 11.2. The van der Waals surface area contributed by atoms with Gasteiger partial charge in [0, 0.05) is 12.4 Å². The maximum Gasteiger partial charge on any atom is 0.178 e. The molecule has 0 saturated heterocycles. The van der Waals surface area contributed by atoms with Gasteiger partial charge in [-0.3, -0.25) is 4.40 Å². The van der Waals surface area contributed by atoms with Gasteiger partial charge in [0.05, 0.1) is 10.5 Å². The Morgan fingerprint density at radius 2 is 2.21 bits per heavy atom. The van der Waals surface area contributed by atoms with Crippen LogP contribution in [0.15, 0.2) is 36.7 Å². The molecule has 0 aliphatic carbocycles. The Morgan fingerprint density at radius 3 is 3.14 bits per heavy atom. The van der Waals surface area contributed by atoms with Gasteiger partial charge in [-0.15, -0.1) is 0 Å². The Hall–Kier alpha value is -1.61. The summed E-state index contributed by atoms with van der Waals surface area (Å²) in [6, 6.07) is 7.71. The van der Waals surface area contributed by atoms with Crippen LogP contribution in [-0.2, 0) is 0 Å². The highest BCUT2D eigenvalue weighted by Gasteiger charge is 2.04. The summed E-state index contributed by atoms with van der Waals surface area (Å²) in [4.78, 5) is 8.50. The van der Waals surface area contributed by atoms with Gasteiger partial charge in [-0.1, -0.05) is 17.7 Å². The van der Waals surface area contributed by atoms with Crippen molar-refractivity contribution in [3.05, 3.63) is 41.7 Å². The zero-order valence-electron chi connectivity index (χ0n) is 7.18. The zero-order valence-corrected chi connectivity index (χ0v) is 7.94. The highest BCUT2D eigenvalue weighted by atomic mass is 35.5. The smallest absolute Gasteiger partial charge is 0.178 e. The SMILES string of the molecule is Clc1cnc2nc3ccccn3c2c1. The minimum absolute atomic E-state index is 0.628. The van der Waals surface area contributed by atoms with Gasteiger partial charge in [0.25, 0.3) is 0 Å². The van der Waals surface area contributed by atoms with E-state index in [4.69, 9.17) is 11.6 Å². The van der Waals surface area contributed by atoms with Crippen molar-refractivity contribution in [2.24, 2.45) is 0 Å². The second kappa shape index (κ2) is 2.69. The van der Waals surface area contributed by atoms with Gasteiger partial charge in [-0.25, -0.2) is 9.97 Å². The number of hydrogen-bond acceptors (Lipinski definition) is 2. The monoisotopic (exact) mass is 203 g/mol. The first kappa shape index (κ1) is 7.76. The molecule has 0 atom stereocenters. The molecule has 0 radical (unpaired) electrons. The quantitative estimate of drug-likeness (QED) is 0.562. The van der Waals surface area contributed by atoms with Crippen LogP contribution in [0.1, 0.15) is 0 Å². The molecule has 0 bridgehead atoms. The van der Waals surface area contributed by atoms with Crippen molar-refractivity contribution in [3.8, 4) is 0 Å². The fraction of sp³-hybridized carbons (Fsp3) is 0. The fourth-order valence-electron chi connectivity index (χ4n) is 1.52. The lowest BCUT2D eigenvalue weighted by Gasteiger charge is -1.93. The number of hydrogen-bond donors (Lipinski definition) is 0. The molecule has 3 aromatic heterocycles. The van der Waals surface area contributed by atoms with Gasteiger partial charge in [0.15, 0.2) is 5.65 Å². The lowest BCUT2D eigenvalue weighted by atomic mass is 10.4. The van der Waals surface area contributed by atoms with Gasteiger partial charge in [0.1, 0.15) is 5.65 Å². The Bertz CT molecular complexity index is 615. The number of halogens is 1. The van der Waals surface area contributed by atoms with Crippen LogP contribution in [0.2, 0.25) is 5.02 Å². The van der Waals surface area contributed by atoms with Gasteiger partial charge < -0.3 is 0 Å². The lowest BCUT2D eigenvalue weighted by Crippen LogP contribution is -1.81. The zero-order chi connectivity index (χ0) is 9.54. The number of imidazole rings is 1. The summed E-state index contributed by atoms with van der Waals surface area (Å²) >= 11 is 5.87. The van der Waals surface area contributed by atoms with Crippen LogP contribution in [0.5, 0.6) is 0 Å². The van der Waals surface area contributed by atoms with E-state index < -0.39 is 0 Å². The van der Waals surface area contributed by atoms with Gasteiger partial charge in [-0.05, 0) is 18.2 Å². The topological polar surface area (TPSA) is 30.2 Å². The summed E-state index contributed by atoms with van der Waals surface area (Å²) in [6.07, 6.45) is 3.55. The molecule has 0 N–H and O–H groups in total. The van der Waals surface area contributed by atoms with Crippen molar-refractivity contribution in [3.63, 3.8) is 0 Å². The Morgan fingerprint density at radius 1 is 1.29 bits per heavy atom. The predicted molar refractivity (Wildman–Crippen MR) is 55.5 cm³/mol. The van der Waals surface area contributed by atoms with Crippen molar-refractivity contribution >= 4 is 28.4 Å². The van der Waals surface area contributed by atoms with Crippen molar-refractivity contribution in [2.45, 2.75) is 0 Å². The second-order valence-electron chi connectivity index (χ2n) is 3.04. The molecular formula is C10H6ClN3. The summed E-state index contributed by atoms with van der Waals surface area (Å²) < 4.78 is 1.97. The van der Waals surface area contributed by atoms with Crippen LogP contribution >= 0.6 is 11.6 Å². The van der Waals surface area contributed by atoms with E-state index in [-0.39, 0.29) is 0 Å². The summed E-state index contributed by atoms with van der Waals surface area (Å²) in [7, 11) is 0. The number of rotatable bonds is 0. The van der Waals surface area contributed by atoms with Crippen LogP contribution in [0.4, 0.5) is 0 Å². The molecular weight excluding hydrogens is 198 g/mol. The summed E-state index contributed by atoms with van der Waals surface area (Å²) in [6.45, 7) is 0. The second-order valence-corrected chi connectivity index (χ2v) is 3.47. The molecule has 3 rings (SSSR count). The van der Waals surface area contributed by atoms with E-state index >= 15 is 0 Å². The van der Waals surface area contributed by atoms with Crippen molar-refractivity contribution in [1.82, 2.24) is 14.4 Å². The molecule has 0 unspecified atom stereocenters. The number of fused-ring (bicyclic) bond motifs is 3. The summed E-state index contributed by atoms with van der Waals surface area (Å²) in [5.41, 5.74) is 2.55. The average molecular weight is 204 g/mol.